The Labute approximate surface area is 104 Å². The normalized spacial score (nSPS) is 24.0. The first-order valence-electron chi connectivity index (χ1n) is 6.00. The average molecular weight is 246 g/mol. The van der Waals surface area contributed by atoms with Crippen molar-refractivity contribution in [2.75, 3.05) is 11.9 Å². The molecule has 0 bridgehead atoms. The molecule has 0 aromatic carbocycles. The fourth-order valence-electron chi connectivity index (χ4n) is 2.56. The number of anilines is 1. The molecule has 2 heterocycles. The quantitative estimate of drug-likeness (QED) is 0.784. The molecule has 2 fully saturated rings. The minimum Gasteiger partial charge on any atom is -0.333 e. The first kappa shape index (κ1) is 11.1. The highest BCUT2D eigenvalue weighted by Gasteiger charge is 2.53. The van der Waals surface area contributed by atoms with Crippen LogP contribution < -0.4 is 5.32 Å². The molecule has 1 saturated carbocycles. The summed E-state index contributed by atoms with van der Waals surface area (Å²) in [5.74, 6) is 0.308. The van der Waals surface area contributed by atoms with E-state index in [4.69, 9.17) is 0 Å². The number of carbonyl (C=O) groups is 2. The summed E-state index contributed by atoms with van der Waals surface area (Å²) in [6, 6.07) is 1.27. The van der Waals surface area contributed by atoms with Crippen molar-refractivity contribution >= 4 is 18.1 Å². The van der Waals surface area contributed by atoms with E-state index in [2.05, 4.69) is 15.3 Å². The van der Waals surface area contributed by atoms with E-state index in [1.54, 1.807) is 17.2 Å². The number of likely N-dealkylation sites (tertiary alicyclic amines) is 1. The Kier molecular flexibility index (Phi) is 2.50. The molecule has 6 nitrogen and oxygen atoms in total. The Morgan fingerprint density at radius 3 is 3.00 bits per heavy atom. The van der Waals surface area contributed by atoms with Crippen molar-refractivity contribution in [2.45, 2.75) is 25.3 Å². The molecule has 1 saturated heterocycles. The summed E-state index contributed by atoms with van der Waals surface area (Å²) in [5.41, 5.74) is 0.217. The molecular weight excluding hydrogens is 232 g/mol. The van der Waals surface area contributed by atoms with E-state index in [-0.39, 0.29) is 17.4 Å². The third-order valence-electron chi connectivity index (χ3n) is 3.77. The van der Waals surface area contributed by atoms with Crippen LogP contribution in [0.4, 0.5) is 5.82 Å². The number of hydrogen-bond acceptors (Lipinski definition) is 4. The number of rotatable bonds is 3. The van der Waals surface area contributed by atoms with Gasteiger partial charge in [-0.3, -0.25) is 9.59 Å². The summed E-state index contributed by atoms with van der Waals surface area (Å²) in [6.45, 7) is 0.707. The number of nitrogens with zero attached hydrogens (tertiary/aromatic N) is 3. The van der Waals surface area contributed by atoms with E-state index in [1.807, 2.05) is 0 Å². The van der Waals surface area contributed by atoms with E-state index >= 15 is 0 Å². The summed E-state index contributed by atoms with van der Waals surface area (Å²) in [4.78, 5) is 32.5. The molecule has 1 aromatic rings. The van der Waals surface area contributed by atoms with Gasteiger partial charge in [0.05, 0.1) is 0 Å². The molecule has 18 heavy (non-hydrogen) atoms. The van der Waals surface area contributed by atoms with Gasteiger partial charge in [0.2, 0.25) is 12.3 Å². The zero-order chi connectivity index (χ0) is 12.6. The highest BCUT2D eigenvalue weighted by molar-refractivity contribution is 5.95. The molecule has 6 heteroatoms. The van der Waals surface area contributed by atoms with E-state index in [0.717, 1.165) is 25.7 Å². The maximum absolute atomic E-state index is 12.1. The van der Waals surface area contributed by atoms with Gasteiger partial charge in [-0.25, -0.2) is 9.97 Å². The number of carbonyl (C=O) groups excluding carboxylic acids is 2. The lowest BCUT2D eigenvalue weighted by Gasteiger charge is -2.18. The standard InChI is InChI=1S/C12H14N4O2/c17-8-16-6-12(2-3-12)5-9(16)11(18)15-10-1-4-13-7-14-10/h1,4,7-9H,2-3,5-6H2,(H,13,14,15,18). The van der Waals surface area contributed by atoms with Crippen LogP contribution in [0, 0.1) is 5.41 Å². The number of hydrogen-bond donors (Lipinski definition) is 1. The van der Waals surface area contributed by atoms with Gasteiger partial charge >= 0.3 is 0 Å². The van der Waals surface area contributed by atoms with Crippen LogP contribution in [-0.4, -0.2) is 39.8 Å². The second kappa shape index (κ2) is 4.04. The molecule has 0 radical (unpaired) electrons. The lowest BCUT2D eigenvalue weighted by atomic mass is 10.0. The lowest BCUT2D eigenvalue weighted by Crippen LogP contribution is -2.38. The highest BCUT2D eigenvalue weighted by atomic mass is 16.2. The van der Waals surface area contributed by atoms with Crippen LogP contribution in [0.2, 0.25) is 0 Å². The SMILES string of the molecule is O=CN1CC2(CC2)CC1C(=O)Nc1ccncn1. The Morgan fingerprint density at radius 2 is 2.39 bits per heavy atom. The van der Waals surface area contributed by atoms with Crippen molar-refractivity contribution in [3.05, 3.63) is 18.6 Å². The van der Waals surface area contributed by atoms with Gasteiger partial charge in [0, 0.05) is 12.7 Å². The summed E-state index contributed by atoms with van der Waals surface area (Å²) < 4.78 is 0. The minimum atomic E-state index is -0.361. The van der Waals surface area contributed by atoms with Crippen LogP contribution in [0.25, 0.3) is 0 Å². The molecule has 1 aliphatic heterocycles. The summed E-state index contributed by atoms with van der Waals surface area (Å²) >= 11 is 0. The molecule has 1 spiro atoms. The predicted octanol–water partition coefficient (Wildman–Crippen LogP) is 0.426. The lowest BCUT2D eigenvalue weighted by molar-refractivity contribution is -0.127. The summed E-state index contributed by atoms with van der Waals surface area (Å²) in [5, 5.41) is 2.72. The predicted molar refractivity (Wildman–Crippen MR) is 63.5 cm³/mol. The molecule has 3 rings (SSSR count). The minimum absolute atomic E-state index is 0.162. The maximum Gasteiger partial charge on any atom is 0.248 e. The molecule has 1 aliphatic carbocycles. The molecule has 2 aliphatic rings. The molecule has 1 N–H and O–H groups in total. The van der Waals surface area contributed by atoms with Crippen LogP contribution in [0.1, 0.15) is 19.3 Å². The third kappa shape index (κ3) is 1.94. The van der Waals surface area contributed by atoms with Crippen LogP contribution >= 0.6 is 0 Å². The van der Waals surface area contributed by atoms with Crippen molar-refractivity contribution in [1.29, 1.82) is 0 Å². The van der Waals surface area contributed by atoms with E-state index in [9.17, 15) is 9.59 Å². The number of amides is 2. The maximum atomic E-state index is 12.1. The van der Waals surface area contributed by atoms with Gasteiger partial charge < -0.3 is 10.2 Å². The zero-order valence-corrected chi connectivity index (χ0v) is 9.87. The van der Waals surface area contributed by atoms with Gasteiger partial charge in [0.1, 0.15) is 18.2 Å². The first-order chi connectivity index (χ1) is 8.72. The van der Waals surface area contributed by atoms with Gasteiger partial charge in [0.15, 0.2) is 0 Å². The second-order valence-corrected chi connectivity index (χ2v) is 5.08. The van der Waals surface area contributed by atoms with Crippen LogP contribution in [0.15, 0.2) is 18.6 Å². The van der Waals surface area contributed by atoms with Crippen LogP contribution in [0.3, 0.4) is 0 Å². The zero-order valence-electron chi connectivity index (χ0n) is 9.87. The second-order valence-electron chi connectivity index (χ2n) is 5.08. The monoisotopic (exact) mass is 246 g/mol. The number of aromatic nitrogens is 2. The van der Waals surface area contributed by atoms with Crippen LogP contribution in [0.5, 0.6) is 0 Å². The van der Waals surface area contributed by atoms with Gasteiger partial charge in [-0.2, -0.15) is 0 Å². The molecule has 1 unspecified atom stereocenters. The number of nitrogens with one attached hydrogen (secondary N) is 1. The molecular formula is C12H14N4O2. The molecule has 1 aromatic heterocycles. The molecule has 94 valence electrons. The topological polar surface area (TPSA) is 75.2 Å². The fourth-order valence-corrected chi connectivity index (χ4v) is 2.56. The molecule has 1 atom stereocenters. The summed E-state index contributed by atoms with van der Waals surface area (Å²) in [6.07, 6.45) is 6.73. The van der Waals surface area contributed by atoms with E-state index in [0.29, 0.717) is 12.4 Å². The van der Waals surface area contributed by atoms with E-state index < -0.39 is 0 Å². The Bertz CT molecular complexity index is 472. The van der Waals surface area contributed by atoms with Gasteiger partial charge in [0.25, 0.3) is 0 Å². The van der Waals surface area contributed by atoms with E-state index in [1.165, 1.54) is 6.33 Å². The largest absolute Gasteiger partial charge is 0.333 e. The Morgan fingerprint density at radius 1 is 1.56 bits per heavy atom. The highest BCUT2D eigenvalue weighted by Crippen LogP contribution is 2.54. The third-order valence-corrected chi connectivity index (χ3v) is 3.77. The van der Waals surface area contributed by atoms with Crippen molar-refractivity contribution in [3.8, 4) is 0 Å². The van der Waals surface area contributed by atoms with Crippen molar-refractivity contribution in [2.24, 2.45) is 5.41 Å². The van der Waals surface area contributed by atoms with Crippen molar-refractivity contribution in [1.82, 2.24) is 14.9 Å². The first-order valence-corrected chi connectivity index (χ1v) is 6.00. The van der Waals surface area contributed by atoms with Gasteiger partial charge in [-0.05, 0) is 30.7 Å². The fraction of sp³-hybridized carbons (Fsp3) is 0.500. The average Bonchev–Trinajstić information content (AvgIpc) is 3.02. The molecule has 2 amide bonds. The smallest absolute Gasteiger partial charge is 0.248 e. The Balaban J connectivity index is 1.70. The summed E-state index contributed by atoms with van der Waals surface area (Å²) in [7, 11) is 0. The van der Waals surface area contributed by atoms with Gasteiger partial charge in [-0.15, -0.1) is 0 Å². The Hall–Kier alpha value is -1.98. The van der Waals surface area contributed by atoms with Gasteiger partial charge in [-0.1, -0.05) is 0 Å². The van der Waals surface area contributed by atoms with Crippen LogP contribution in [-0.2, 0) is 9.59 Å². The van der Waals surface area contributed by atoms with Crippen molar-refractivity contribution < 1.29 is 9.59 Å². The van der Waals surface area contributed by atoms with Crippen molar-refractivity contribution in [3.63, 3.8) is 0 Å².